The summed E-state index contributed by atoms with van der Waals surface area (Å²) in [6, 6.07) is 26.9. The molecular formula is C43H45N2O8+. The minimum atomic E-state index is -0.466. The van der Waals surface area contributed by atoms with Crippen LogP contribution < -0.4 is 14.2 Å². The van der Waals surface area contributed by atoms with Crippen molar-refractivity contribution < 1.29 is 42.7 Å². The molecule has 0 N–H and O–H groups in total. The molecular weight excluding hydrogens is 672 g/mol. The number of pyridine rings is 1. The lowest BCUT2D eigenvalue weighted by atomic mass is 9.99. The number of hydrogen-bond donors (Lipinski definition) is 0. The van der Waals surface area contributed by atoms with Gasteiger partial charge in [-0.3, -0.25) is 4.79 Å². The zero-order chi connectivity index (χ0) is 37.8. The maximum absolute atomic E-state index is 13.0. The molecule has 0 aliphatic heterocycles. The first-order chi connectivity index (χ1) is 25.7. The molecule has 10 heteroatoms. The molecule has 0 bridgehead atoms. The molecule has 0 radical (unpaired) electrons. The Labute approximate surface area is 310 Å². The summed E-state index contributed by atoms with van der Waals surface area (Å²) in [4.78, 5) is 49.2. The summed E-state index contributed by atoms with van der Waals surface area (Å²) in [6.07, 6.45) is 10.8. The molecule has 10 nitrogen and oxygen atoms in total. The van der Waals surface area contributed by atoms with Crippen molar-refractivity contribution in [3.8, 4) is 16.9 Å². The fourth-order valence-electron chi connectivity index (χ4n) is 5.04. The third-order valence-electron chi connectivity index (χ3n) is 8.11. The minimum absolute atomic E-state index is 0.0208. The first kappa shape index (κ1) is 39.5. The molecule has 0 fully saturated rings. The maximum Gasteiger partial charge on any atom is 0.330 e. The van der Waals surface area contributed by atoms with Gasteiger partial charge in [0.1, 0.15) is 19.0 Å². The van der Waals surface area contributed by atoms with Crippen molar-refractivity contribution in [3.05, 3.63) is 145 Å². The van der Waals surface area contributed by atoms with Crippen molar-refractivity contribution in [2.75, 3.05) is 44.9 Å². The highest BCUT2D eigenvalue weighted by Gasteiger charge is 2.10. The fraction of sp³-hybridized carbons (Fsp3) is 0.233. The smallest absolute Gasteiger partial charge is 0.330 e. The predicted octanol–water partition coefficient (Wildman–Crippen LogP) is 6.38. The molecule has 4 aromatic rings. The molecule has 0 spiro atoms. The molecule has 53 heavy (non-hydrogen) atoms. The van der Waals surface area contributed by atoms with Gasteiger partial charge in [0.25, 0.3) is 0 Å². The predicted molar refractivity (Wildman–Crippen MR) is 203 cm³/mol. The number of Topliss-reactive ketones (excluding diaryl/α,β-unsaturated/α-hetero) is 1. The number of rotatable bonds is 21. The van der Waals surface area contributed by atoms with Gasteiger partial charge in [0.05, 0.1) is 19.8 Å². The van der Waals surface area contributed by atoms with E-state index in [1.54, 1.807) is 18.2 Å². The quantitative estimate of drug-likeness (QED) is 0.0242. The number of likely N-dealkylation sites (N-methyl/N-ethyl adjacent to an activating group) is 1. The van der Waals surface area contributed by atoms with E-state index in [1.165, 1.54) is 6.08 Å². The van der Waals surface area contributed by atoms with E-state index in [0.717, 1.165) is 40.1 Å². The zero-order valence-corrected chi connectivity index (χ0v) is 30.0. The lowest BCUT2D eigenvalue weighted by Gasteiger charge is -2.18. The minimum Gasteiger partial charge on any atom is -0.487 e. The average molecular weight is 718 g/mol. The van der Waals surface area contributed by atoms with Gasteiger partial charge in [-0.2, -0.15) is 0 Å². The number of ether oxygens (including phenoxy) is 4. The third-order valence-corrected chi connectivity index (χ3v) is 8.11. The fourth-order valence-corrected chi connectivity index (χ4v) is 5.04. The van der Waals surface area contributed by atoms with E-state index in [0.29, 0.717) is 43.9 Å². The number of nitrogens with zero attached hydrogens (tertiary/aromatic N) is 2. The van der Waals surface area contributed by atoms with Gasteiger partial charge in [0.2, 0.25) is 0 Å². The van der Waals surface area contributed by atoms with E-state index in [1.807, 2.05) is 102 Å². The van der Waals surface area contributed by atoms with Crippen LogP contribution in [0.2, 0.25) is 0 Å². The SMILES string of the molecule is C=CC(=O)OCCCCOC(=O)/C=C/c1ccc(-c2ccc(CC(=O)c3ccc(OCC[n+]4ccc(N(C)CCOC(=O)C=C)cc4)cc3)cc2)cc1. The van der Waals surface area contributed by atoms with Crippen LogP contribution in [0.4, 0.5) is 5.69 Å². The second kappa shape index (κ2) is 21.2. The largest absolute Gasteiger partial charge is 0.487 e. The Morgan fingerprint density at radius 2 is 1.25 bits per heavy atom. The Bertz CT molecular complexity index is 1850. The molecule has 0 amide bonds. The molecule has 3 aromatic carbocycles. The van der Waals surface area contributed by atoms with Gasteiger partial charge in [-0.1, -0.05) is 61.7 Å². The number of aromatic nitrogens is 1. The summed E-state index contributed by atoms with van der Waals surface area (Å²) in [7, 11) is 1.93. The van der Waals surface area contributed by atoms with E-state index in [-0.39, 0.29) is 32.0 Å². The van der Waals surface area contributed by atoms with Crippen LogP contribution in [-0.2, 0) is 41.6 Å². The molecule has 1 aromatic heterocycles. The Hall–Kier alpha value is -6.29. The second-order valence-electron chi connectivity index (χ2n) is 12.0. The molecule has 0 aliphatic carbocycles. The number of benzene rings is 3. The number of unbranched alkanes of at least 4 members (excludes halogenated alkanes) is 1. The average Bonchev–Trinajstić information content (AvgIpc) is 3.19. The zero-order valence-electron chi connectivity index (χ0n) is 30.0. The van der Waals surface area contributed by atoms with Crippen LogP contribution in [0.5, 0.6) is 5.75 Å². The Balaban J connectivity index is 1.16. The van der Waals surface area contributed by atoms with Crippen LogP contribution in [0.3, 0.4) is 0 Å². The number of esters is 3. The van der Waals surface area contributed by atoms with Crippen molar-refractivity contribution >= 4 is 35.5 Å². The lowest BCUT2D eigenvalue weighted by molar-refractivity contribution is -0.697. The molecule has 0 unspecified atom stereocenters. The first-order valence-electron chi connectivity index (χ1n) is 17.3. The number of ketones is 1. The Morgan fingerprint density at radius 3 is 1.85 bits per heavy atom. The Kier molecular flexibility index (Phi) is 15.8. The van der Waals surface area contributed by atoms with E-state index in [2.05, 4.69) is 13.2 Å². The highest BCUT2D eigenvalue weighted by Crippen LogP contribution is 2.22. The van der Waals surface area contributed by atoms with Crippen LogP contribution in [0.25, 0.3) is 17.2 Å². The van der Waals surface area contributed by atoms with E-state index in [4.69, 9.17) is 18.9 Å². The summed E-state index contributed by atoms with van der Waals surface area (Å²) in [6.45, 7) is 9.20. The number of anilines is 1. The molecule has 0 aliphatic rings. The Morgan fingerprint density at radius 1 is 0.679 bits per heavy atom. The summed E-state index contributed by atoms with van der Waals surface area (Å²) in [5.74, 6) is -0.621. The van der Waals surface area contributed by atoms with Crippen molar-refractivity contribution in [1.82, 2.24) is 0 Å². The van der Waals surface area contributed by atoms with Gasteiger partial charge in [0, 0.05) is 55.1 Å². The molecule has 274 valence electrons. The van der Waals surface area contributed by atoms with Gasteiger partial charge in [-0.05, 0) is 65.4 Å². The van der Waals surface area contributed by atoms with Crippen molar-refractivity contribution in [1.29, 1.82) is 0 Å². The lowest BCUT2D eigenvalue weighted by Crippen LogP contribution is -2.36. The summed E-state index contributed by atoms with van der Waals surface area (Å²) in [5, 5.41) is 0. The van der Waals surface area contributed by atoms with E-state index in [9.17, 15) is 19.2 Å². The highest BCUT2D eigenvalue weighted by molar-refractivity contribution is 5.97. The van der Waals surface area contributed by atoms with E-state index >= 15 is 0 Å². The van der Waals surface area contributed by atoms with Crippen molar-refractivity contribution in [3.63, 3.8) is 0 Å². The van der Waals surface area contributed by atoms with E-state index < -0.39 is 17.9 Å². The van der Waals surface area contributed by atoms with Gasteiger partial charge in [0.15, 0.2) is 24.7 Å². The molecule has 4 rings (SSSR count). The van der Waals surface area contributed by atoms with Gasteiger partial charge < -0.3 is 23.8 Å². The highest BCUT2D eigenvalue weighted by atomic mass is 16.5. The monoisotopic (exact) mass is 717 g/mol. The molecule has 1 heterocycles. The number of carbonyl (C=O) groups excluding carboxylic acids is 4. The molecule has 0 saturated carbocycles. The standard InChI is InChI=1S/C43H45N2O8/c1-4-41(47)51-28-6-7-29-52-43(49)21-12-33-8-13-35(14-9-33)36-15-10-34(11-16-36)32-40(46)37-17-19-39(20-18-37)50-31-27-45-24-22-38(23-25-45)44(3)26-30-53-42(48)5-2/h4-5,8-25H,1-2,6-7,26-32H2,3H3/q+1/b21-12+. The third kappa shape index (κ3) is 13.7. The topological polar surface area (TPSA) is 112 Å². The first-order valence-corrected chi connectivity index (χ1v) is 17.3. The normalized spacial score (nSPS) is 10.7. The summed E-state index contributed by atoms with van der Waals surface area (Å²) < 4.78 is 23.0. The van der Waals surface area contributed by atoms with Crippen molar-refractivity contribution in [2.45, 2.75) is 25.8 Å². The van der Waals surface area contributed by atoms with Crippen LogP contribution >= 0.6 is 0 Å². The van der Waals surface area contributed by atoms with Crippen LogP contribution in [0.1, 0.15) is 34.3 Å². The van der Waals surface area contributed by atoms with Crippen LogP contribution in [0, 0.1) is 0 Å². The summed E-state index contributed by atoms with van der Waals surface area (Å²) >= 11 is 0. The van der Waals surface area contributed by atoms with Gasteiger partial charge >= 0.3 is 17.9 Å². The molecule has 0 saturated heterocycles. The van der Waals surface area contributed by atoms with Crippen LogP contribution in [-0.4, -0.2) is 63.7 Å². The van der Waals surface area contributed by atoms with Gasteiger partial charge in [-0.15, -0.1) is 0 Å². The maximum atomic E-state index is 13.0. The number of hydrogen-bond acceptors (Lipinski definition) is 9. The second-order valence-corrected chi connectivity index (χ2v) is 12.0. The van der Waals surface area contributed by atoms with Crippen LogP contribution in [0.15, 0.2) is 129 Å². The summed E-state index contributed by atoms with van der Waals surface area (Å²) in [5.41, 5.74) is 5.43. The molecule has 0 atom stereocenters. The number of carbonyl (C=O) groups is 4. The van der Waals surface area contributed by atoms with Crippen molar-refractivity contribution in [2.24, 2.45) is 0 Å². The van der Waals surface area contributed by atoms with Gasteiger partial charge in [-0.25, -0.2) is 19.0 Å².